The van der Waals surface area contributed by atoms with Gasteiger partial charge in [0, 0.05) is 24.8 Å². The summed E-state index contributed by atoms with van der Waals surface area (Å²) in [6.07, 6.45) is 0. The lowest BCUT2D eigenvalue weighted by atomic mass is 10.2. The van der Waals surface area contributed by atoms with Crippen molar-refractivity contribution >= 4 is 32.9 Å². The van der Waals surface area contributed by atoms with Crippen LogP contribution in [0.2, 0.25) is 0 Å². The Morgan fingerprint density at radius 1 is 0.886 bits per heavy atom. The summed E-state index contributed by atoms with van der Waals surface area (Å²) < 4.78 is 37.8. The van der Waals surface area contributed by atoms with Gasteiger partial charge < -0.3 is 24.6 Å². The van der Waals surface area contributed by atoms with Crippen LogP contribution in [0, 0.1) is 0 Å². The predicted molar refractivity (Wildman–Crippen MR) is 129 cm³/mol. The van der Waals surface area contributed by atoms with Crippen LogP contribution in [0.25, 0.3) is 0 Å². The summed E-state index contributed by atoms with van der Waals surface area (Å²) in [7, 11) is -1.18. The second-order valence-corrected chi connectivity index (χ2v) is 8.71. The molecule has 1 heterocycles. The van der Waals surface area contributed by atoms with Crippen LogP contribution < -0.4 is 19.1 Å². The number of aliphatic hydroxyl groups is 2. The molecule has 12 nitrogen and oxygen atoms in total. The zero-order chi connectivity index (χ0) is 25.3. The number of benzene rings is 2. The van der Waals surface area contributed by atoms with Crippen LogP contribution >= 0.6 is 0 Å². The SMILES string of the molecule is COc1cc(NS(=O)(=O)c2ccc(N=Nc3ccc(N(CCO)CCO)cc3)cc2)nc(OC)n1. The van der Waals surface area contributed by atoms with Crippen molar-refractivity contribution in [2.24, 2.45) is 10.2 Å². The van der Waals surface area contributed by atoms with E-state index in [0.29, 0.717) is 24.5 Å². The van der Waals surface area contributed by atoms with Crippen LogP contribution in [0.4, 0.5) is 22.9 Å². The first-order valence-electron chi connectivity index (χ1n) is 10.5. The van der Waals surface area contributed by atoms with Crippen molar-refractivity contribution in [2.45, 2.75) is 4.90 Å². The molecule has 2 aromatic carbocycles. The second-order valence-electron chi connectivity index (χ2n) is 7.03. The van der Waals surface area contributed by atoms with E-state index in [2.05, 4.69) is 24.9 Å². The molecule has 0 saturated heterocycles. The third-order valence-electron chi connectivity index (χ3n) is 4.70. The van der Waals surface area contributed by atoms with Gasteiger partial charge in [-0.25, -0.2) is 8.42 Å². The van der Waals surface area contributed by atoms with Gasteiger partial charge in [0.2, 0.25) is 5.88 Å². The van der Waals surface area contributed by atoms with E-state index in [9.17, 15) is 8.42 Å². The lowest BCUT2D eigenvalue weighted by Gasteiger charge is -2.22. The molecule has 0 atom stereocenters. The van der Waals surface area contributed by atoms with Crippen molar-refractivity contribution < 1.29 is 28.1 Å². The van der Waals surface area contributed by atoms with E-state index in [4.69, 9.17) is 19.7 Å². The number of rotatable bonds is 12. The van der Waals surface area contributed by atoms with Gasteiger partial charge in [-0.05, 0) is 48.5 Å². The summed E-state index contributed by atoms with van der Waals surface area (Å²) in [5.41, 5.74) is 1.89. The number of aliphatic hydroxyl groups excluding tert-OH is 2. The van der Waals surface area contributed by atoms with Crippen LogP contribution in [0.1, 0.15) is 0 Å². The average molecular weight is 503 g/mol. The number of anilines is 2. The predicted octanol–water partition coefficient (Wildman–Crippen LogP) is 2.50. The number of ether oxygens (including phenoxy) is 2. The molecule has 3 rings (SSSR count). The third kappa shape index (κ3) is 7.09. The Bertz CT molecular complexity index is 1210. The van der Waals surface area contributed by atoms with Crippen molar-refractivity contribution in [2.75, 3.05) is 50.1 Å². The largest absolute Gasteiger partial charge is 0.481 e. The summed E-state index contributed by atoms with van der Waals surface area (Å²) in [5, 5.41) is 26.6. The van der Waals surface area contributed by atoms with Crippen LogP contribution in [0.3, 0.4) is 0 Å². The monoisotopic (exact) mass is 502 g/mol. The van der Waals surface area contributed by atoms with E-state index in [1.54, 1.807) is 12.1 Å². The number of hydrogen-bond donors (Lipinski definition) is 3. The number of hydrogen-bond acceptors (Lipinski definition) is 11. The average Bonchev–Trinajstić information content (AvgIpc) is 2.87. The van der Waals surface area contributed by atoms with Gasteiger partial charge in [-0.2, -0.15) is 20.2 Å². The maximum absolute atomic E-state index is 12.7. The summed E-state index contributed by atoms with van der Waals surface area (Å²) in [6, 6.07) is 14.3. The molecular formula is C22H26N6O6S. The zero-order valence-corrected chi connectivity index (χ0v) is 20.0. The molecule has 13 heteroatoms. The Labute approximate surface area is 203 Å². The number of aromatic nitrogens is 2. The molecule has 0 bridgehead atoms. The number of sulfonamides is 1. The molecule has 0 spiro atoms. The van der Waals surface area contributed by atoms with Gasteiger partial charge in [0.05, 0.1) is 43.7 Å². The van der Waals surface area contributed by atoms with Crippen molar-refractivity contribution in [1.29, 1.82) is 0 Å². The Hall–Kier alpha value is -3.81. The van der Waals surface area contributed by atoms with Crippen LogP contribution in [-0.4, -0.2) is 69.1 Å². The highest BCUT2D eigenvalue weighted by atomic mass is 32.2. The first-order valence-corrected chi connectivity index (χ1v) is 11.9. The summed E-state index contributed by atoms with van der Waals surface area (Å²) >= 11 is 0. The summed E-state index contributed by atoms with van der Waals surface area (Å²) in [5.74, 6) is 0.144. The second kappa shape index (κ2) is 12.1. The Morgan fingerprint density at radius 2 is 1.46 bits per heavy atom. The number of nitrogens with zero attached hydrogens (tertiary/aromatic N) is 5. The molecule has 0 aliphatic heterocycles. The van der Waals surface area contributed by atoms with Crippen LogP contribution in [0.5, 0.6) is 11.9 Å². The molecule has 35 heavy (non-hydrogen) atoms. The topological polar surface area (TPSA) is 159 Å². The fourth-order valence-corrected chi connectivity index (χ4v) is 3.99. The normalized spacial score (nSPS) is 11.4. The highest BCUT2D eigenvalue weighted by Crippen LogP contribution is 2.25. The Kier molecular flexibility index (Phi) is 8.89. The van der Waals surface area contributed by atoms with Crippen molar-refractivity contribution in [3.05, 3.63) is 54.6 Å². The summed E-state index contributed by atoms with van der Waals surface area (Å²) in [6.45, 7) is 0.766. The molecule has 0 unspecified atom stereocenters. The minimum absolute atomic E-state index is 0.00236. The zero-order valence-electron chi connectivity index (χ0n) is 19.2. The third-order valence-corrected chi connectivity index (χ3v) is 6.07. The van der Waals surface area contributed by atoms with Gasteiger partial charge in [-0.1, -0.05) is 0 Å². The Morgan fingerprint density at radius 3 is 1.97 bits per heavy atom. The molecule has 0 radical (unpaired) electrons. The van der Waals surface area contributed by atoms with Gasteiger partial charge in [0.15, 0.2) is 5.82 Å². The van der Waals surface area contributed by atoms with Gasteiger partial charge in [0.1, 0.15) is 0 Å². The fraction of sp³-hybridized carbons (Fsp3) is 0.273. The minimum atomic E-state index is -3.93. The maximum Gasteiger partial charge on any atom is 0.321 e. The number of azo groups is 1. The lowest BCUT2D eigenvalue weighted by Crippen LogP contribution is -2.29. The number of nitrogens with one attached hydrogen (secondary N) is 1. The smallest absolute Gasteiger partial charge is 0.321 e. The minimum Gasteiger partial charge on any atom is -0.481 e. The van der Waals surface area contributed by atoms with E-state index >= 15 is 0 Å². The molecule has 0 fully saturated rings. The van der Waals surface area contributed by atoms with Crippen molar-refractivity contribution in [3.8, 4) is 11.9 Å². The molecule has 0 amide bonds. The highest BCUT2D eigenvalue weighted by molar-refractivity contribution is 7.92. The Balaban J connectivity index is 1.69. The van der Waals surface area contributed by atoms with Crippen molar-refractivity contribution in [1.82, 2.24) is 9.97 Å². The molecule has 0 saturated carbocycles. The molecule has 0 aliphatic carbocycles. The first kappa shape index (κ1) is 25.8. The standard InChI is InChI=1S/C22H26N6O6S/c1-33-21-15-20(23-22(24-21)34-2)27-35(31,32)19-9-5-17(6-10-19)26-25-16-3-7-18(8-4-16)28(11-13-29)12-14-30/h3-10,15,29-30H,11-14H2,1-2H3,(H,23,24,27). The molecule has 0 aliphatic rings. The van der Waals surface area contributed by atoms with Crippen LogP contribution in [-0.2, 0) is 10.0 Å². The van der Waals surface area contributed by atoms with Gasteiger partial charge >= 0.3 is 6.01 Å². The fourth-order valence-electron chi connectivity index (χ4n) is 3.00. The maximum atomic E-state index is 12.7. The van der Waals surface area contributed by atoms with E-state index in [-0.39, 0.29) is 35.8 Å². The molecule has 1 aromatic heterocycles. The van der Waals surface area contributed by atoms with Gasteiger partial charge in [0.25, 0.3) is 10.0 Å². The van der Waals surface area contributed by atoms with E-state index in [1.165, 1.54) is 44.6 Å². The van der Waals surface area contributed by atoms with E-state index in [1.807, 2.05) is 17.0 Å². The van der Waals surface area contributed by atoms with E-state index < -0.39 is 10.0 Å². The first-order chi connectivity index (χ1) is 16.9. The quantitative estimate of drug-likeness (QED) is 0.316. The molecular weight excluding hydrogens is 476 g/mol. The van der Waals surface area contributed by atoms with Crippen molar-refractivity contribution in [3.63, 3.8) is 0 Å². The summed E-state index contributed by atoms with van der Waals surface area (Å²) in [4.78, 5) is 9.74. The number of methoxy groups -OCH3 is 2. The van der Waals surface area contributed by atoms with E-state index in [0.717, 1.165) is 5.69 Å². The van der Waals surface area contributed by atoms with Gasteiger partial charge in [-0.3, -0.25) is 4.72 Å². The molecule has 186 valence electrons. The molecule has 3 aromatic rings. The lowest BCUT2D eigenvalue weighted by molar-refractivity contribution is 0.281. The molecule has 3 N–H and O–H groups in total. The highest BCUT2D eigenvalue weighted by Gasteiger charge is 2.17. The van der Waals surface area contributed by atoms with Crippen LogP contribution in [0.15, 0.2) is 69.7 Å². The van der Waals surface area contributed by atoms with Gasteiger partial charge in [-0.15, -0.1) is 0 Å².